The van der Waals surface area contributed by atoms with Crippen LogP contribution in [0.25, 0.3) is 21.8 Å². The minimum absolute atomic E-state index is 0.136. The minimum atomic E-state index is -5.04. The van der Waals surface area contributed by atoms with E-state index in [1.165, 1.54) is 27.7 Å². The van der Waals surface area contributed by atoms with Crippen LogP contribution in [0.1, 0.15) is 63.5 Å². The Hall–Kier alpha value is -8.12. The van der Waals surface area contributed by atoms with Gasteiger partial charge < -0.3 is 35.1 Å². The van der Waals surface area contributed by atoms with Crippen LogP contribution < -0.4 is 20.1 Å². The Morgan fingerprint density at radius 2 is 1.03 bits per heavy atom. The maximum Gasteiger partial charge on any atom is 0.573 e. The first kappa shape index (κ1) is 52.3. The van der Waals surface area contributed by atoms with Gasteiger partial charge in [-0.05, 0) is 80.4 Å². The molecule has 15 nitrogen and oxygen atoms in total. The van der Waals surface area contributed by atoms with E-state index in [-0.39, 0.29) is 33.6 Å². The van der Waals surface area contributed by atoms with Crippen LogP contribution in [0.15, 0.2) is 60.7 Å². The predicted molar refractivity (Wildman–Crippen MR) is 225 cm³/mol. The van der Waals surface area contributed by atoms with Gasteiger partial charge in [-0.15, -0.1) is 26.3 Å². The highest BCUT2D eigenvalue weighted by atomic mass is 19.4. The lowest BCUT2D eigenvalue weighted by Crippen LogP contribution is -2.37. The minimum Gasteiger partial charge on any atom is -0.503 e. The van der Waals surface area contributed by atoms with E-state index in [0.717, 1.165) is 57.7 Å². The Kier molecular flexibility index (Phi) is 14.8. The van der Waals surface area contributed by atoms with E-state index in [1.807, 2.05) is 0 Å². The molecule has 0 radical (unpaired) electrons. The fourth-order valence-corrected chi connectivity index (χ4v) is 7.54. The summed E-state index contributed by atoms with van der Waals surface area (Å²) in [6.07, 6.45) is -12.2. The molecule has 0 spiro atoms. The third kappa shape index (κ3) is 11.5. The van der Waals surface area contributed by atoms with Gasteiger partial charge >= 0.3 is 24.7 Å². The van der Waals surface area contributed by atoms with E-state index in [9.17, 15) is 74.1 Å². The van der Waals surface area contributed by atoms with Gasteiger partial charge in [0.05, 0.1) is 36.2 Å². The Balaban J connectivity index is 1.08. The van der Waals surface area contributed by atoms with Gasteiger partial charge in [0, 0.05) is 58.0 Å². The normalized spacial score (nSPS) is 12.6. The zero-order chi connectivity index (χ0) is 52.6. The number of hydrogen-bond acceptors (Lipinski definition) is 11. The van der Waals surface area contributed by atoms with Crippen LogP contribution in [-0.4, -0.2) is 80.2 Å². The van der Waals surface area contributed by atoms with Crippen molar-refractivity contribution < 1.29 is 97.1 Å². The molecule has 0 aliphatic carbocycles. The van der Waals surface area contributed by atoms with Crippen molar-refractivity contribution >= 4 is 57.4 Å². The summed E-state index contributed by atoms with van der Waals surface area (Å²) in [5.74, 6) is -17.6. The lowest BCUT2D eigenvalue weighted by atomic mass is 10.1. The van der Waals surface area contributed by atoms with Gasteiger partial charge in [0.2, 0.25) is 11.8 Å². The fraction of sp³-hybridized carbons (Fsp3) is 0.261. The second-order valence-electron chi connectivity index (χ2n) is 15.9. The van der Waals surface area contributed by atoms with E-state index < -0.39 is 154 Å². The third-order valence-electron chi connectivity index (χ3n) is 10.8. The van der Waals surface area contributed by atoms with Crippen LogP contribution in [-0.2, 0) is 36.8 Å². The molecule has 4 aromatic carbocycles. The molecule has 2 unspecified atom stereocenters. The van der Waals surface area contributed by atoms with Gasteiger partial charge in [-0.1, -0.05) is 6.92 Å². The predicted octanol–water partition coefficient (Wildman–Crippen LogP) is 7.86. The summed E-state index contributed by atoms with van der Waals surface area (Å²) in [4.78, 5) is 79.1. The Bertz CT molecular complexity index is 3130. The average Bonchev–Trinajstić information content (AvgIpc) is 3.69. The molecular formula is C46H36F10N4O11. The molecule has 2 atom stereocenters. The van der Waals surface area contributed by atoms with Crippen molar-refractivity contribution in [3.63, 3.8) is 0 Å². The molecule has 2 amide bonds. The highest BCUT2D eigenvalue weighted by Crippen LogP contribution is 2.38. The van der Waals surface area contributed by atoms with Crippen molar-refractivity contribution in [3.8, 4) is 23.0 Å². The summed E-state index contributed by atoms with van der Waals surface area (Å²) < 4.78 is 150. The molecule has 0 aliphatic heterocycles. The monoisotopic (exact) mass is 1010 g/mol. The number of phenols is 2. The Morgan fingerprint density at radius 3 is 1.42 bits per heavy atom. The number of aromatic nitrogens is 2. The first-order valence-corrected chi connectivity index (χ1v) is 20.6. The van der Waals surface area contributed by atoms with Gasteiger partial charge in [0.1, 0.15) is 11.5 Å². The number of halogens is 10. The molecular weight excluding hydrogens is 975 g/mol. The van der Waals surface area contributed by atoms with Crippen molar-refractivity contribution in [1.82, 2.24) is 19.8 Å². The van der Waals surface area contributed by atoms with E-state index >= 15 is 8.78 Å². The molecule has 6 aromatic rings. The molecule has 0 fully saturated rings. The third-order valence-corrected chi connectivity index (χ3v) is 10.8. The van der Waals surface area contributed by atoms with Crippen LogP contribution in [0.4, 0.5) is 43.9 Å². The zero-order valence-electron chi connectivity index (χ0n) is 37.0. The first-order chi connectivity index (χ1) is 33.1. The van der Waals surface area contributed by atoms with Gasteiger partial charge in [-0.3, -0.25) is 37.9 Å². The number of aromatic hydroxyl groups is 2. The van der Waals surface area contributed by atoms with Gasteiger partial charge in [-0.2, -0.15) is 0 Å². The number of ether oxygens (including phenoxy) is 3. The van der Waals surface area contributed by atoms with Gasteiger partial charge in [0.25, 0.3) is 11.8 Å². The standard InChI is InChI=1S/C46H36F10N4O11/c1-19(18-57-33(61)14-27-21(3)59(31-16-29(47)40(64)38(49)36(27)31)42(66)23-5-9-25(10-6-23)70-45(51,52)53)44(68)69-35(63)13-20(2)58-34(62)15-28-22(4)60(32-17-30(48)41(65)39(50)37(28)32)43(67)24-7-11-26(12-8-24)71-46(54,55)56/h5-12,16-17,19-20,64-65H,13-15,18H2,1-4H3,(H,57,61)(H,58,62). The number of hydrogen-bond donors (Lipinski definition) is 4. The topological polar surface area (TPSA) is 204 Å². The average molecular weight is 1010 g/mol. The summed E-state index contributed by atoms with van der Waals surface area (Å²) in [7, 11) is 0. The highest BCUT2D eigenvalue weighted by Gasteiger charge is 2.34. The SMILES string of the molecule is Cc1c(CC(=O)NCC(C)C(=O)OC(=O)CC(C)NC(=O)Cc2c(C)n(C(=O)c3ccc(OC(F)(F)F)cc3)c3cc(F)c(O)c(F)c23)c2c(F)c(O)c(F)cc2n1C(=O)c1ccc(OC(F)(F)F)cc1. The lowest BCUT2D eigenvalue weighted by Gasteiger charge is -2.15. The number of carbonyl (C=O) groups excluding carboxylic acids is 6. The number of benzene rings is 4. The van der Waals surface area contributed by atoms with E-state index in [0.29, 0.717) is 12.1 Å². The van der Waals surface area contributed by atoms with Crippen LogP contribution in [0, 0.1) is 43.0 Å². The lowest BCUT2D eigenvalue weighted by molar-refractivity contribution is -0.275. The number of fused-ring (bicyclic) bond motifs is 2. The van der Waals surface area contributed by atoms with Crippen LogP contribution >= 0.6 is 0 Å². The maximum absolute atomic E-state index is 15.4. The van der Waals surface area contributed by atoms with Crippen molar-refractivity contribution in [2.45, 2.75) is 65.7 Å². The summed E-state index contributed by atoms with van der Waals surface area (Å²) in [5.41, 5.74) is -2.15. The smallest absolute Gasteiger partial charge is 0.503 e. The van der Waals surface area contributed by atoms with E-state index in [2.05, 4.69) is 20.1 Å². The highest BCUT2D eigenvalue weighted by molar-refractivity contribution is 6.06. The number of nitrogens with one attached hydrogen (secondary N) is 2. The molecule has 0 saturated carbocycles. The van der Waals surface area contributed by atoms with Crippen LogP contribution in [0.3, 0.4) is 0 Å². The second-order valence-corrected chi connectivity index (χ2v) is 15.9. The zero-order valence-corrected chi connectivity index (χ0v) is 37.0. The molecule has 376 valence electrons. The Morgan fingerprint density at radius 1 is 0.634 bits per heavy atom. The summed E-state index contributed by atoms with van der Waals surface area (Å²) in [6, 6.07) is 7.22. The van der Waals surface area contributed by atoms with E-state index in [1.54, 1.807) is 0 Å². The van der Waals surface area contributed by atoms with Crippen molar-refractivity contribution in [1.29, 1.82) is 0 Å². The fourth-order valence-electron chi connectivity index (χ4n) is 7.54. The molecule has 2 heterocycles. The number of phenolic OH excluding ortho intramolecular Hbond substituents is 2. The molecule has 2 aromatic heterocycles. The summed E-state index contributed by atoms with van der Waals surface area (Å²) in [6.45, 7) is 4.55. The molecule has 4 N–H and O–H groups in total. The number of rotatable bonds is 14. The number of alkyl halides is 6. The largest absolute Gasteiger partial charge is 0.573 e. The van der Waals surface area contributed by atoms with Crippen LogP contribution in [0.2, 0.25) is 0 Å². The molecule has 0 aliphatic rings. The summed E-state index contributed by atoms with van der Waals surface area (Å²) >= 11 is 0. The summed E-state index contributed by atoms with van der Waals surface area (Å²) in [5, 5.41) is 23.8. The molecule has 6 rings (SSSR count). The maximum atomic E-state index is 15.4. The number of esters is 2. The molecule has 0 saturated heterocycles. The number of carbonyl (C=O) groups is 6. The molecule has 71 heavy (non-hydrogen) atoms. The second kappa shape index (κ2) is 20.1. The van der Waals surface area contributed by atoms with Gasteiger partial charge in [0.15, 0.2) is 34.8 Å². The molecule has 25 heteroatoms. The number of amides is 2. The number of nitrogens with zero attached hydrogens (tertiary/aromatic N) is 2. The van der Waals surface area contributed by atoms with Crippen LogP contribution in [0.5, 0.6) is 23.0 Å². The van der Waals surface area contributed by atoms with E-state index in [4.69, 9.17) is 4.74 Å². The van der Waals surface area contributed by atoms with Gasteiger partial charge in [-0.25, -0.2) is 17.6 Å². The van der Waals surface area contributed by atoms with Crippen molar-refractivity contribution in [2.75, 3.05) is 6.54 Å². The Labute approximate surface area is 392 Å². The van der Waals surface area contributed by atoms with Crippen molar-refractivity contribution in [2.24, 2.45) is 5.92 Å². The molecule has 0 bridgehead atoms. The van der Waals surface area contributed by atoms with Crippen molar-refractivity contribution in [3.05, 3.63) is 118 Å². The quantitative estimate of drug-likeness (QED) is 0.0470. The first-order valence-electron chi connectivity index (χ1n) is 20.6.